The van der Waals surface area contributed by atoms with Gasteiger partial charge in [-0.15, -0.1) is 11.3 Å². The Labute approximate surface area is 211 Å². The number of halogens is 2. The van der Waals surface area contributed by atoms with Gasteiger partial charge in [0, 0.05) is 42.0 Å². The van der Waals surface area contributed by atoms with Crippen molar-refractivity contribution >= 4 is 57.9 Å². The van der Waals surface area contributed by atoms with Crippen LogP contribution in [0.2, 0.25) is 10.0 Å². The van der Waals surface area contributed by atoms with E-state index < -0.39 is 4.87 Å². The molecule has 1 amide bonds. The number of likely N-dealkylation sites (tertiary alicyclic amines) is 1. The molecule has 2 heterocycles. The van der Waals surface area contributed by atoms with E-state index in [1.807, 2.05) is 35.7 Å². The number of nitrogens with zero attached hydrogens (tertiary/aromatic N) is 2. The number of hydrogen-bond acceptors (Lipinski definition) is 6. The van der Waals surface area contributed by atoms with Crippen LogP contribution in [0.1, 0.15) is 25.3 Å². The lowest BCUT2D eigenvalue weighted by atomic mass is 10.0. The molecule has 0 saturated carbocycles. The Morgan fingerprint density at radius 1 is 1.24 bits per heavy atom. The summed E-state index contributed by atoms with van der Waals surface area (Å²) in [5.41, 5.74) is 9.23. The Balaban J connectivity index is 1.48. The van der Waals surface area contributed by atoms with E-state index in [0.717, 1.165) is 21.2 Å². The second kappa shape index (κ2) is 9.82. The Bertz CT molecular complexity index is 1160. The predicted molar refractivity (Wildman–Crippen MR) is 137 cm³/mol. The number of anilines is 1. The molecular weight excluding hydrogens is 499 g/mol. The first-order chi connectivity index (χ1) is 15.7. The summed E-state index contributed by atoms with van der Waals surface area (Å²) in [5, 5.41) is 19.5. The predicted octanol–water partition coefficient (Wildman–Crippen LogP) is 5.93. The third kappa shape index (κ3) is 6.01. The summed E-state index contributed by atoms with van der Waals surface area (Å²) in [6, 6.07) is 12.9. The molecule has 6 nitrogen and oxygen atoms in total. The van der Waals surface area contributed by atoms with E-state index in [9.17, 15) is 10.0 Å². The van der Waals surface area contributed by atoms with Crippen LogP contribution in [-0.2, 0) is 11.3 Å². The maximum atomic E-state index is 13.4. The summed E-state index contributed by atoms with van der Waals surface area (Å²) >= 11 is 15.2. The number of aromatic nitrogens is 1. The number of piperidine rings is 1. The first kappa shape index (κ1) is 24.3. The highest BCUT2D eigenvalue weighted by atomic mass is 35.5. The molecule has 3 N–H and O–H groups in total. The molecule has 1 fully saturated rings. The number of benzene rings is 2. The smallest absolute Gasteiger partial charge is 0.217 e. The van der Waals surface area contributed by atoms with Gasteiger partial charge in [0.2, 0.25) is 5.91 Å². The number of nitrogens with one attached hydrogen (secondary N) is 1. The lowest BCUT2D eigenvalue weighted by molar-refractivity contribution is -0.899. The lowest BCUT2D eigenvalue weighted by Gasteiger charge is -2.51. The van der Waals surface area contributed by atoms with Crippen LogP contribution < -0.4 is 11.1 Å². The molecule has 0 radical (unpaired) electrons. The molecule has 0 atom stereocenters. The number of hydrogen-bond donors (Lipinski definition) is 2. The highest BCUT2D eigenvalue weighted by Crippen LogP contribution is 2.43. The van der Waals surface area contributed by atoms with Crippen LogP contribution in [0.25, 0.3) is 11.3 Å². The average Bonchev–Trinajstić information content (AvgIpc) is 3.21. The summed E-state index contributed by atoms with van der Waals surface area (Å²) < 4.78 is 0.475. The summed E-state index contributed by atoms with van der Waals surface area (Å²) in [6.45, 7) is 2.57. The van der Waals surface area contributed by atoms with Crippen molar-refractivity contribution in [3.8, 4) is 11.3 Å². The molecule has 4 rings (SSSR count). The maximum absolute atomic E-state index is 13.4. The molecule has 0 unspecified atom stereocenters. The van der Waals surface area contributed by atoms with Gasteiger partial charge in [-0.25, -0.2) is 4.98 Å². The van der Waals surface area contributed by atoms with Crippen LogP contribution in [0.15, 0.2) is 52.2 Å². The zero-order chi connectivity index (χ0) is 23.6. The van der Waals surface area contributed by atoms with E-state index in [1.54, 1.807) is 12.1 Å². The van der Waals surface area contributed by atoms with Gasteiger partial charge in [0.15, 0.2) is 4.34 Å². The van der Waals surface area contributed by atoms with Crippen molar-refractivity contribution in [2.24, 2.45) is 0 Å². The number of hydroxylamine groups is 3. The van der Waals surface area contributed by atoms with E-state index >= 15 is 0 Å². The summed E-state index contributed by atoms with van der Waals surface area (Å²) in [4.78, 5) is 16.2. The quantitative estimate of drug-likeness (QED) is 0.181. The van der Waals surface area contributed by atoms with Gasteiger partial charge < -0.3 is 20.9 Å². The third-order valence-electron chi connectivity index (χ3n) is 5.65. The average molecular weight is 524 g/mol. The molecule has 1 saturated heterocycles. The van der Waals surface area contributed by atoms with Crippen molar-refractivity contribution in [2.75, 3.05) is 18.8 Å². The van der Waals surface area contributed by atoms with Gasteiger partial charge in [-0.3, -0.25) is 4.79 Å². The third-order valence-corrected chi connectivity index (χ3v) is 8.73. The number of quaternary nitrogens is 1. The van der Waals surface area contributed by atoms with Crippen molar-refractivity contribution in [2.45, 2.75) is 35.5 Å². The highest BCUT2D eigenvalue weighted by Gasteiger charge is 2.41. The van der Waals surface area contributed by atoms with Gasteiger partial charge in [0.25, 0.3) is 0 Å². The van der Waals surface area contributed by atoms with E-state index in [1.165, 1.54) is 30.0 Å². The zero-order valence-electron chi connectivity index (χ0n) is 18.0. The number of carbonyl (C=O) groups is 1. The molecule has 1 aromatic heterocycles. The minimum absolute atomic E-state index is 0.120. The Kier molecular flexibility index (Phi) is 7.23. The molecule has 0 aliphatic carbocycles. The number of nitrogen functional groups attached to an aromatic ring is 1. The number of thiazole rings is 1. The van der Waals surface area contributed by atoms with Gasteiger partial charge in [0.05, 0.1) is 28.8 Å². The maximum Gasteiger partial charge on any atom is 0.217 e. The topological polar surface area (TPSA) is 91.1 Å². The van der Waals surface area contributed by atoms with Crippen LogP contribution in [0.5, 0.6) is 0 Å². The molecule has 0 spiro atoms. The first-order valence-corrected chi connectivity index (χ1v) is 12.9. The molecule has 174 valence electrons. The number of thioether (sulfide) groups is 1. The SMILES string of the molecule is CC(=O)NC1(Sc2nc(-c3cccc(N)c3)cs2)CC[N+]([O-])(Cc2ccc(Cl)c(Cl)c2)CC1. The number of amides is 1. The van der Waals surface area contributed by atoms with Crippen LogP contribution in [0.4, 0.5) is 5.69 Å². The molecule has 1 aliphatic rings. The van der Waals surface area contributed by atoms with Crippen LogP contribution in [0.3, 0.4) is 0 Å². The number of rotatable bonds is 6. The van der Waals surface area contributed by atoms with Crippen LogP contribution >= 0.6 is 46.3 Å². The monoisotopic (exact) mass is 522 g/mol. The van der Waals surface area contributed by atoms with Crippen molar-refractivity contribution in [3.05, 3.63) is 68.7 Å². The van der Waals surface area contributed by atoms with E-state index in [4.69, 9.17) is 33.9 Å². The summed E-state index contributed by atoms with van der Waals surface area (Å²) in [6.07, 6.45) is 1.07. The van der Waals surface area contributed by atoms with Crippen molar-refractivity contribution in [3.63, 3.8) is 0 Å². The molecule has 10 heteroatoms. The van der Waals surface area contributed by atoms with Crippen LogP contribution in [-0.4, -0.2) is 33.5 Å². The van der Waals surface area contributed by atoms with Gasteiger partial charge in [0.1, 0.15) is 11.4 Å². The van der Waals surface area contributed by atoms with Gasteiger partial charge in [-0.2, -0.15) is 0 Å². The van der Waals surface area contributed by atoms with Crippen molar-refractivity contribution < 1.29 is 9.44 Å². The van der Waals surface area contributed by atoms with E-state index in [-0.39, 0.29) is 10.6 Å². The zero-order valence-corrected chi connectivity index (χ0v) is 21.2. The summed E-state index contributed by atoms with van der Waals surface area (Å²) in [7, 11) is 0. The molecule has 33 heavy (non-hydrogen) atoms. The van der Waals surface area contributed by atoms with Gasteiger partial charge >= 0.3 is 0 Å². The second-order valence-electron chi connectivity index (χ2n) is 8.31. The molecule has 0 bridgehead atoms. The molecule has 3 aromatic rings. The highest BCUT2D eigenvalue weighted by molar-refractivity contribution is 8.02. The molecule has 1 aliphatic heterocycles. The number of carbonyl (C=O) groups excluding carboxylic acids is 1. The Hall–Kier alpha value is -1.81. The number of nitrogens with two attached hydrogens (primary N) is 1. The second-order valence-corrected chi connectivity index (χ2v) is 11.6. The lowest BCUT2D eigenvalue weighted by Crippen LogP contribution is -2.57. The normalized spacial score (nSPS) is 22.8. The Morgan fingerprint density at radius 2 is 2.00 bits per heavy atom. The van der Waals surface area contributed by atoms with Crippen LogP contribution in [0, 0.1) is 5.21 Å². The van der Waals surface area contributed by atoms with Gasteiger partial charge in [-0.1, -0.05) is 53.2 Å². The standard InChI is InChI=1S/C23H24Cl2N4O2S2/c1-15(30)28-23(33-22-27-21(14-32-22)17-3-2-4-18(26)12-17)7-9-29(31,10-8-23)13-16-5-6-19(24)20(25)11-16/h2-6,11-12,14H,7-10,13,26H2,1H3,(H,28,30). The van der Waals surface area contributed by atoms with Crippen molar-refractivity contribution in [1.29, 1.82) is 0 Å². The Morgan fingerprint density at radius 3 is 2.67 bits per heavy atom. The fourth-order valence-corrected chi connectivity index (χ4v) is 6.76. The van der Waals surface area contributed by atoms with E-state index in [0.29, 0.717) is 48.2 Å². The fourth-order valence-electron chi connectivity index (χ4n) is 4.01. The first-order valence-electron chi connectivity index (χ1n) is 10.5. The minimum atomic E-state index is -0.569. The summed E-state index contributed by atoms with van der Waals surface area (Å²) in [5.74, 6) is -0.120. The molecular formula is C23H24Cl2N4O2S2. The van der Waals surface area contributed by atoms with Crippen molar-refractivity contribution in [1.82, 2.24) is 10.3 Å². The minimum Gasteiger partial charge on any atom is -0.633 e. The van der Waals surface area contributed by atoms with Gasteiger partial charge in [-0.05, 0) is 24.3 Å². The molecule has 2 aromatic carbocycles. The largest absolute Gasteiger partial charge is 0.633 e. The van der Waals surface area contributed by atoms with E-state index in [2.05, 4.69) is 5.32 Å². The fraction of sp³-hybridized carbons (Fsp3) is 0.304.